The Morgan fingerprint density at radius 1 is 0.950 bits per heavy atom. The third-order valence-corrected chi connectivity index (χ3v) is 7.57. The van der Waals surface area contributed by atoms with E-state index in [1.54, 1.807) is 47.4 Å². The van der Waals surface area contributed by atoms with Crippen molar-refractivity contribution in [3.63, 3.8) is 0 Å². The molecule has 1 atom stereocenters. The standard InChI is InChI=1S/C28H29ClN4O6S/c1-40(36,37)31-22-4-2-3-5-24(22)32-12-14-33(15-13-32)28(35)23(16-19-6-9-21(29)10-7-19)30-27(34)20-8-11-25-26(17-20)39-18-38-25/h2-11,17,23,31H,12-16,18H2,1H3,(H,30,34). The molecule has 1 unspecified atom stereocenters. The molecule has 40 heavy (non-hydrogen) atoms. The third-order valence-electron chi connectivity index (χ3n) is 6.72. The summed E-state index contributed by atoms with van der Waals surface area (Å²) in [6.45, 7) is 1.90. The number of hydrogen-bond donors (Lipinski definition) is 2. The minimum Gasteiger partial charge on any atom is -0.454 e. The summed E-state index contributed by atoms with van der Waals surface area (Å²) >= 11 is 6.04. The monoisotopic (exact) mass is 584 g/mol. The van der Waals surface area contributed by atoms with Crippen LogP contribution in [0.1, 0.15) is 15.9 Å². The van der Waals surface area contributed by atoms with E-state index in [1.165, 1.54) is 0 Å². The lowest BCUT2D eigenvalue weighted by Gasteiger charge is -2.38. The number of rotatable bonds is 8. The number of halogens is 1. The molecule has 2 amide bonds. The van der Waals surface area contributed by atoms with E-state index in [2.05, 4.69) is 10.0 Å². The van der Waals surface area contributed by atoms with Crippen molar-refractivity contribution in [3.05, 3.63) is 82.9 Å². The van der Waals surface area contributed by atoms with Crippen LogP contribution in [0.3, 0.4) is 0 Å². The summed E-state index contributed by atoms with van der Waals surface area (Å²) < 4.78 is 36.9. The second-order valence-electron chi connectivity index (χ2n) is 9.63. The Hall–Kier alpha value is -3.96. The van der Waals surface area contributed by atoms with Gasteiger partial charge in [0.15, 0.2) is 11.5 Å². The van der Waals surface area contributed by atoms with Gasteiger partial charge in [0.05, 0.1) is 17.6 Å². The molecule has 12 heteroatoms. The molecule has 5 rings (SSSR count). The summed E-state index contributed by atoms with van der Waals surface area (Å²) in [5.74, 6) is 0.447. The number of ether oxygens (including phenoxy) is 2. The number of fused-ring (bicyclic) bond motifs is 1. The van der Waals surface area contributed by atoms with Crippen molar-refractivity contribution in [2.75, 3.05) is 48.8 Å². The maximum atomic E-state index is 13.8. The minimum absolute atomic E-state index is 0.0961. The number of nitrogens with one attached hydrogen (secondary N) is 2. The predicted molar refractivity (Wildman–Crippen MR) is 153 cm³/mol. The molecule has 0 aromatic heterocycles. The summed E-state index contributed by atoms with van der Waals surface area (Å²) in [6, 6.07) is 18.4. The number of sulfonamides is 1. The fraction of sp³-hybridized carbons (Fsp3) is 0.286. The highest BCUT2D eigenvalue weighted by atomic mass is 35.5. The van der Waals surface area contributed by atoms with Gasteiger partial charge in [0.1, 0.15) is 6.04 Å². The van der Waals surface area contributed by atoms with E-state index < -0.39 is 22.0 Å². The molecule has 2 aliphatic rings. The Labute approximate surface area is 237 Å². The molecule has 210 valence electrons. The highest BCUT2D eigenvalue weighted by molar-refractivity contribution is 7.92. The lowest BCUT2D eigenvalue weighted by molar-refractivity contribution is -0.133. The molecule has 10 nitrogen and oxygen atoms in total. The number of anilines is 2. The van der Waals surface area contributed by atoms with Crippen LogP contribution in [0.15, 0.2) is 66.7 Å². The first-order valence-electron chi connectivity index (χ1n) is 12.7. The van der Waals surface area contributed by atoms with E-state index in [0.717, 1.165) is 17.5 Å². The first-order chi connectivity index (χ1) is 19.2. The van der Waals surface area contributed by atoms with Crippen molar-refractivity contribution in [3.8, 4) is 11.5 Å². The van der Waals surface area contributed by atoms with Crippen molar-refractivity contribution >= 4 is 44.8 Å². The Bertz CT molecular complexity index is 1510. The maximum absolute atomic E-state index is 13.8. The number of benzene rings is 3. The molecule has 1 fully saturated rings. The number of amides is 2. The lowest BCUT2D eigenvalue weighted by Crippen LogP contribution is -2.55. The van der Waals surface area contributed by atoms with Gasteiger partial charge in [-0.1, -0.05) is 35.9 Å². The molecule has 3 aromatic rings. The number of hydrogen-bond acceptors (Lipinski definition) is 7. The largest absolute Gasteiger partial charge is 0.454 e. The van der Waals surface area contributed by atoms with Crippen molar-refractivity contribution in [2.24, 2.45) is 0 Å². The zero-order valence-corrected chi connectivity index (χ0v) is 23.4. The first kappa shape index (κ1) is 27.6. The van der Waals surface area contributed by atoms with Gasteiger partial charge in [-0.25, -0.2) is 8.42 Å². The molecule has 0 bridgehead atoms. The minimum atomic E-state index is -3.45. The van der Waals surface area contributed by atoms with Crippen LogP contribution < -0.4 is 24.4 Å². The number of para-hydroxylation sites is 2. The number of piperazine rings is 1. The Morgan fingerprint density at radius 3 is 2.38 bits per heavy atom. The molecule has 2 N–H and O–H groups in total. The Morgan fingerprint density at radius 2 is 1.65 bits per heavy atom. The Kier molecular flexibility index (Phi) is 8.04. The lowest BCUT2D eigenvalue weighted by atomic mass is 10.0. The van der Waals surface area contributed by atoms with Crippen LogP contribution in [0.4, 0.5) is 11.4 Å². The van der Waals surface area contributed by atoms with Crippen molar-refractivity contribution in [2.45, 2.75) is 12.5 Å². The second-order valence-corrected chi connectivity index (χ2v) is 11.8. The van der Waals surface area contributed by atoms with Gasteiger partial charge in [-0.05, 0) is 48.0 Å². The van der Waals surface area contributed by atoms with Crippen LogP contribution in [-0.4, -0.2) is 70.4 Å². The van der Waals surface area contributed by atoms with Gasteiger partial charge < -0.3 is 24.6 Å². The molecule has 0 aliphatic carbocycles. The number of nitrogens with zero attached hydrogens (tertiary/aromatic N) is 2. The molecule has 0 radical (unpaired) electrons. The van der Waals surface area contributed by atoms with Gasteiger partial charge in [0.25, 0.3) is 5.91 Å². The summed E-state index contributed by atoms with van der Waals surface area (Å²) in [5.41, 5.74) is 2.45. The molecule has 2 heterocycles. The smallest absolute Gasteiger partial charge is 0.252 e. The zero-order valence-electron chi connectivity index (χ0n) is 21.8. The van der Waals surface area contributed by atoms with E-state index in [4.69, 9.17) is 21.1 Å². The SMILES string of the molecule is CS(=O)(=O)Nc1ccccc1N1CCN(C(=O)C(Cc2ccc(Cl)cc2)NC(=O)c2ccc3c(c2)OCO3)CC1. The summed E-state index contributed by atoms with van der Waals surface area (Å²) in [6.07, 6.45) is 1.40. The maximum Gasteiger partial charge on any atom is 0.252 e. The highest BCUT2D eigenvalue weighted by Crippen LogP contribution is 2.32. The predicted octanol–water partition coefficient (Wildman–Crippen LogP) is 3.13. The molecule has 2 aliphatic heterocycles. The highest BCUT2D eigenvalue weighted by Gasteiger charge is 2.30. The van der Waals surface area contributed by atoms with E-state index >= 15 is 0 Å². The van der Waals surface area contributed by atoms with Crippen LogP contribution in [0.5, 0.6) is 11.5 Å². The average molecular weight is 585 g/mol. The van der Waals surface area contributed by atoms with E-state index in [9.17, 15) is 18.0 Å². The number of carbonyl (C=O) groups is 2. The summed E-state index contributed by atoms with van der Waals surface area (Å²) in [5, 5.41) is 3.49. The third kappa shape index (κ3) is 6.60. The fourth-order valence-electron chi connectivity index (χ4n) is 4.76. The van der Waals surface area contributed by atoms with E-state index in [0.29, 0.717) is 54.0 Å². The molecule has 3 aromatic carbocycles. The van der Waals surface area contributed by atoms with Crippen LogP contribution in [-0.2, 0) is 21.2 Å². The van der Waals surface area contributed by atoms with Gasteiger partial charge in [-0.2, -0.15) is 0 Å². The van der Waals surface area contributed by atoms with Gasteiger partial charge in [0.2, 0.25) is 22.7 Å². The average Bonchev–Trinajstić information content (AvgIpc) is 3.41. The van der Waals surface area contributed by atoms with Gasteiger partial charge in [-0.3, -0.25) is 14.3 Å². The Balaban J connectivity index is 1.30. The number of carbonyl (C=O) groups excluding carboxylic acids is 2. The van der Waals surface area contributed by atoms with Gasteiger partial charge in [0, 0.05) is 43.2 Å². The van der Waals surface area contributed by atoms with E-state index in [1.807, 2.05) is 29.2 Å². The van der Waals surface area contributed by atoms with Crippen LogP contribution in [0, 0.1) is 0 Å². The van der Waals surface area contributed by atoms with Crippen molar-refractivity contribution < 1.29 is 27.5 Å². The molecular formula is C28H29ClN4O6S. The normalized spacial score (nSPS) is 15.4. The van der Waals surface area contributed by atoms with Gasteiger partial charge in [-0.15, -0.1) is 0 Å². The zero-order chi connectivity index (χ0) is 28.3. The van der Waals surface area contributed by atoms with Crippen LogP contribution in [0.2, 0.25) is 5.02 Å². The van der Waals surface area contributed by atoms with Crippen LogP contribution in [0.25, 0.3) is 0 Å². The molecule has 0 spiro atoms. The topological polar surface area (TPSA) is 117 Å². The summed E-state index contributed by atoms with van der Waals surface area (Å²) in [4.78, 5) is 30.7. The molecular weight excluding hydrogens is 556 g/mol. The van der Waals surface area contributed by atoms with Gasteiger partial charge >= 0.3 is 0 Å². The van der Waals surface area contributed by atoms with Crippen LogP contribution >= 0.6 is 11.6 Å². The first-order valence-corrected chi connectivity index (χ1v) is 15.0. The van der Waals surface area contributed by atoms with Crippen molar-refractivity contribution in [1.29, 1.82) is 0 Å². The second kappa shape index (κ2) is 11.6. The fourth-order valence-corrected chi connectivity index (χ4v) is 5.46. The molecule has 1 saturated heterocycles. The summed E-state index contributed by atoms with van der Waals surface area (Å²) in [7, 11) is -3.45. The quantitative estimate of drug-likeness (QED) is 0.418. The van der Waals surface area contributed by atoms with Crippen molar-refractivity contribution in [1.82, 2.24) is 10.2 Å². The van der Waals surface area contributed by atoms with E-state index in [-0.39, 0.29) is 19.1 Å². The molecule has 0 saturated carbocycles.